The molecule has 1 heterocycles. The predicted octanol–water partition coefficient (Wildman–Crippen LogP) is 3.06. The van der Waals surface area contributed by atoms with E-state index in [4.69, 9.17) is 5.84 Å². The first kappa shape index (κ1) is 11.9. The highest BCUT2D eigenvalue weighted by Crippen LogP contribution is 2.35. The maximum atomic E-state index is 5.77. The zero-order chi connectivity index (χ0) is 12.4. The Morgan fingerprint density at radius 3 is 2.72 bits per heavy atom. The molecular formula is C15H18N2S. The Balaban J connectivity index is 1.82. The number of thiophene rings is 1. The van der Waals surface area contributed by atoms with Crippen molar-refractivity contribution < 1.29 is 0 Å². The summed E-state index contributed by atoms with van der Waals surface area (Å²) >= 11 is 1.79. The minimum absolute atomic E-state index is 0.290. The molecule has 3 heteroatoms. The molecule has 2 unspecified atom stereocenters. The van der Waals surface area contributed by atoms with Crippen molar-refractivity contribution in [1.82, 2.24) is 5.43 Å². The van der Waals surface area contributed by atoms with Crippen LogP contribution in [0.15, 0.2) is 41.8 Å². The van der Waals surface area contributed by atoms with Crippen molar-refractivity contribution in [1.29, 1.82) is 0 Å². The third kappa shape index (κ3) is 2.21. The third-order valence-corrected chi connectivity index (χ3v) is 4.84. The van der Waals surface area contributed by atoms with Crippen LogP contribution in [-0.4, -0.2) is 0 Å². The van der Waals surface area contributed by atoms with E-state index in [2.05, 4.69) is 47.2 Å². The lowest BCUT2D eigenvalue weighted by molar-refractivity contribution is 0.333. The summed E-state index contributed by atoms with van der Waals surface area (Å²) in [6.45, 7) is 0. The maximum Gasteiger partial charge on any atom is 0.0584 e. The summed E-state index contributed by atoms with van der Waals surface area (Å²) in [7, 11) is 0. The number of nitrogens with one attached hydrogen (secondary N) is 1. The monoisotopic (exact) mass is 258 g/mol. The van der Waals surface area contributed by atoms with Crippen molar-refractivity contribution >= 4 is 11.3 Å². The zero-order valence-corrected chi connectivity index (χ0v) is 11.1. The lowest BCUT2D eigenvalue weighted by Crippen LogP contribution is -2.35. The van der Waals surface area contributed by atoms with Gasteiger partial charge in [-0.2, -0.15) is 0 Å². The maximum absolute atomic E-state index is 5.77. The number of hydrogen-bond donors (Lipinski definition) is 2. The van der Waals surface area contributed by atoms with Crippen molar-refractivity contribution in [2.24, 2.45) is 11.8 Å². The van der Waals surface area contributed by atoms with Crippen molar-refractivity contribution in [3.63, 3.8) is 0 Å². The van der Waals surface area contributed by atoms with Crippen LogP contribution >= 0.6 is 11.3 Å². The molecule has 0 saturated heterocycles. The summed E-state index contributed by atoms with van der Waals surface area (Å²) < 4.78 is 0. The Morgan fingerprint density at radius 2 is 2.00 bits per heavy atom. The Morgan fingerprint density at radius 1 is 1.17 bits per heavy atom. The van der Waals surface area contributed by atoms with Gasteiger partial charge in [-0.25, -0.2) is 0 Å². The summed E-state index contributed by atoms with van der Waals surface area (Å²) in [6.07, 6.45) is 3.51. The number of nitrogens with two attached hydrogens (primary N) is 1. The van der Waals surface area contributed by atoms with E-state index >= 15 is 0 Å². The standard InChI is InChI=1S/C15H18N2S/c16-17-15(14-6-3-9-18-14)13-8-7-11-4-1-2-5-12(11)10-13/h1-6,9,13,15,17H,7-8,10,16H2. The average Bonchev–Trinajstić information content (AvgIpc) is 2.93. The van der Waals surface area contributed by atoms with E-state index < -0.39 is 0 Å². The van der Waals surface area contributed by atoms with E-state index in [1.165, 1.54) is 28.8 Å². The summed E-state index contributed by atoms with van der Waals surface area (Å²) in [6, 6.07) is 13.3. The topological polar surface area (TPSA) is 38.0 Å². The minimum Gasteiger partial charge on any atom is -0.271 e. The Labute approximate surface area is 112 Å². The molecule has 1 aliphatic rings. The molecule has 0 radical (unpaired) electrons. The number of fused-ring (bicyclic) bond motifs is 1. The molecule has 2 atom stereocenters. The average molecular weight is 258 g/mol. The zero-order valence-electron chi connectivity index (χ0n) is 10.3. The fraction of sp³-hybridized carbons (Fsp3) is 0.333. The molecule has 18 heavy (non-hydrogen) atoms. The molecule has 1 aliphatic carbocycles. The van der Waals surface area contributed by atoms with Gasteiger partial charge in [-0.05, 0) is 47.8 Å². The first-order valence-corrected chi connectivity index (χ1v) is 7.33. The molecule has 0 fully saturated rings. The van der Waals surface area contributed by atoms with Gasteiger partial charge in [-0.3, -0.25) is 11.3 Å². The molecule has 0 saturated carbocycles. The van der Waals surface area contributed by atoms with Crippen LogP contribution in [0.2, 0.25) is 0 Å². The molecule has 94 valence electrons. The molecule has 0 spiro atoms. The van der Waals surface area contributed by atoms with E-state index in [1.54, 1.807) is 11.3 Å². The molecule has 2 nitrogen and oxygen atoms in total. The lowest BCUT2D eigenvalue weighted by Gasteiger charge is -2.30. The number of hydrogen-bond acceptors (Lipinski definition) is 3. The quantitative estimate of drug-likeness (QED) is 0.656. The summed E-state index contributed by atoms with van der Waals surface area (Å²) in [5.74, 6) is 6.37. The second-order valence-electron chi connectivity index (χ2n) is 4.93. The van der Waals surface area contributed by atoms with Gasteiger partial charge in [0.15, 0.2) is 0 Å². The minimum atomic E-state index is 0.290. The fourth-order valence-electron chi connectivity index (χ4n) is 2.93. The van der Waals surface area contributed by atoms with Crippen LogP contribution in [0.4, 0.5) is 0 Å². The largest absolute Gasteiger partial charge is 0.271 e. The van der Waals surface area contributed by atoms with Crippen LogP contribution in [0.3, 0.4) is 0 Å². The van der Waals surface area contributed by atoms with Crippen LogP contribution in [0.1, 0.15) is 28.5 Å². The van der Waals surface area contributed by atoms with E-state index in [9.17, 15) is 0 Å². The fourth-order valence-corrected chi connectivity index (χ4v) is 3.81. The molecule has 0 amide bonds. The molecule has 0 aliphatic heterocycles. The second kappa shape index (κ2) is 5.22. The number of hydrazine groups is 1. The van der Waals surface area contributed by atoms with Gasteiger partial charge in [0.05, 0.1) is 6.04 Å². The summed E-state index contributed by atoms with van der Waals surface area (Å²) in [5, 5.41) is 2.12. The molecule has 1 aromatic heterocycles. The first-order chi connectivity index (χ1) is 8.88. The van der Waals surface area contributed by atoms with Crippen molar-refractivity contribution in [2.45, 2.75) is 25.3 Å². The second-order valence-corrected chi connectivity index (χ2v) is 5.91. The van der Waals surface area contributed by atoms with Crippen LogP contribution in [-0.2, 0) is 12.8 Å². The van der Waals surface area contributed by atoms with Gasteiger partial charge in [0.1, 0.15) is 0 Å². The van der Waals surface area contributed by atoms with Crippen LogP contribution in [0.25, 0.3) is 0 Å². The van der Waals surface area contributed by atoms with Gasteiger partial charge in [0, 0.05) is 4.88 Å². The number of benzene rings is 1. The molecule has 0 bridgehead atoms. The van der Waals surface area contributed by atoms with Gasteiger partial charge in [0.2, 0.25) is 0 Å². The smallest absolute Gasteiger partial charge is 0.0584 e. The van der Waals surface area contributed by atoms with Crippen molar-refractivity contribution in [3.8, 4) is 0 Å². The number of aryl methyl sites for hydroxylation is 1. The van der Waals surface area contributed by atoms with Crippen LogP contribution in [0, 0.1) is 5.92 Å². The highest BCUT2D eigenvalue weighted by atomic mass is 32.1. The normalized spacial score (nSPS) is 20.4. The molecule has 1 aromatic carbocycles. The van der Waals surface area contributed by atoms with Gasteiger partial charge in [-0.1, -0.05) is 30.3 Å². The predicted molar refractivity (Wildman–Crippen MR) is 76.3 cm³/mol. The van der Waals surface area contributed by atoms with Crippen LogP contribution in [0.5, 0.6) is 0 Å². The number of rotatable bonds is 3. The summed E-state index contributed by atoms with van der Waals surface area (Å²) in [4.78, 5) is 1.35. The lowest BCUT2D eigenvalue weighted by atomic mass is 9.80. The Hall–Kier alpha value is -1.16. The summed E-state index contributed by atoms with van der Waals surface area (Å²) in [5.41, 5.74) is 6.02. The van der Waals surface area contributed by atoms with Crippen LogP contribution < -0.4 is 11.3 Å². The molecular weight excluding hydrogens is 240 g/mol. The van der Waals surface area contributed by atoms with E-state index in [0.717, 1.165) is 6.42 Å². The highest BCUT2D eigenvalue weighted by Gasteiger charge is 2.27. The van der Waals surface area contributed by atoms with Gasteiger partial charge < -0.3 is 0 Å². The molecule has 2 aromatic rings. The molecule has 3 N–H and O–H groups in total. The van der Waals surface area contributed by atoms with Crippen molar-refractivity contribution in [2.75, 3.05) is 0 Å². The third-order valence-electron chi connectivity index (χ3n) is 3.89. The first-order valence-electron chi connectivity index (χ1n) is 6.45. The van der Waals surface area contributed by atoms with E-state index in [1.807, 2.05) is 0 Å². The van der Waals surface area contributed by atoms with E-state index in [0.29, 0.717) is 12.0 Å². The molecule has 3 rings (SSSR count). The van der Waals surface area contributed by atoms with E-state index in [-0.39, 0.29) is 0 Å². The highest BCUT2D eigenvalue weighted by molar-refractivity contribution is 7.10. The van der Waals surface area contributed by atoms with Crippen molar-refractivity contribution in [3.05, 3.63) is 57.8 Å². The van der Waals surface area contributed by atoms with Gasteiger partial charge in [-0.15, -0.1) is 11.3 Å². The van der Waals surface area contributed by atoms with Gasteiger partial charge in [0.25, 0.3) is 0 Å². The SMILES string of the molecule is NNC(c1cccs1)C1CCc2ccccc2C1. The Bertz CT molecular complexity index is 507. The Kier molecular flexibility index (Phi) is 3.46. The van der Waals surface area contributed by atoms with Gasteiger partial charge >= 0.3 is 0 Å².